The number of aliphatic imine (C=N–C) groups is 1. The molecule has 0 aliphatic carbocycles. The lowest BCUT2D eigenvalue weighted by atomic mass is 10.0. The minimum atomic E-state index is -0.390. The van der Waals surface area contributed by atoms with Crippen molar-refractivity contribution in [1.29, 1.82) is 0 Å². The quantitative estimate of drug-likeness (QED) is 0.594. The van der Waals surface area contributed by atoms with Crippen molar-refractivity contribution in [1.82, 2.24) is 4.57 Å². The lowest BCUT2D eigenvalue weighted by Crippen LogP contribution is -2.24. The molecule has 7 heteroatoms. The molecular formula is C24H23N3O3S. The van der Waals surface area contributed by atoms with Gasteiger partial charge in [-0.2, -0.15) is 0 Å². The number of anilines is 1. The van der Waals surface area contributed by atoms with Gasteiger partial charge in [0.05, 0.1) is 10.6 Å². The minimum absolute atomic E-state index is 0.215. The van der Waals surface area contributed by atoms with Crippen molar-refractivity contribution >= 4 is 46.5 Å². The first kappa shape index (κ1) is 20.8. The van der Waals surface area contributed by atoms with E-state index in [1.54, 1.807) is 12.3 Å². The van der Waals surface area contributed by atoms with Crippen LogP contribution in [0, 0.1) is 0 Å². The highest BCUT2D eigenvalue weighted by atomic mass is 32.1. The zero-order chi connectivity index (χ0) is 22.0. The van der Waals surface area contributed by atoms with Crippen LogP contribution < -0.4 is 10.2 Å². The average molecular weight is 434 g/mol. The molecule has 2 N–H and O–H groups in total. The lowest BCUT2D eigenvalue weighted by Gasteiger charge is -2.07. The summed E-state index contributed by atoms with van der Waals surface area (Å²) in [6.45, 7) is 3.88. The second-order valence-electron chi connectivity index (χ2n) is 7.27. The van der Waals surface area contributed by atoms with Crippen LogP contribution in [-0.4, -0.2) is 21.8 Å². The Labute approximate surface area is 184 Å². The van der Waals surface area contributed by atoms with Crippen LogP contribution in [0.3, 0.4) is 0 Å². The molecule has 0 bridgehead atoms. The molecule has 0 atom stereocenters. The van der Waals surface area contributed by atoms with Gasteiger partial charge in [-0.25, -0.2) is 0 Å². The number of aromatic hydroxyl groups is 1. The zero-order valence-corrected chi connectivity index (χ0v) is 18.2. The molecule has 158 valence electrons. The van der Waals surface area contributed by atoms with Crippen LogP contribution in [0.15, 0.2) is 52.3 Å². The second kappa shape index (κ2) is 8.73. The third-order valence-electron chi connectivity index (χ3n) is 5.27. The van der Waals surface area contributed by atoms with Crippen molar-refractivity contribution in [3.8, 4) is 5.88 Å². The molecule has 6 nitrogen and oxygen atoms in total. The van der Waals surface area contributed by atoms with Crippen LogP contribution >= 0.6 is 11.3 Å². The van der Waals surface area contributed by atoms with Crippen molar-refractivity contribution in [2.75, 3.05) is 5.32 Å². The van der Waals surface area contributed by atoms with E-state index in [4.69, 9.17) is 0 Å². The van der Waals surface area contributed by atoms with Crippen molar-refractivity contribution in [3.63, 3.8) is 0 Å². The fraction of sp³-hybridized carbons (Fsp3) is 0.208. The summed E-state index contributed by atoms with van der Waals surface area (Å²) in [6.07, 6.45) is 5.27. The van der Waals surface area contributed by atoms with Gasteiger partial charge in [-0.1, -0.05) is 55.5 Å². The molecule has 2 heterocycles. The Morgan fingerprint density at radius 3 is 2.65 bits per heavy atom. The predicted octanol–water partition coefficient (Wildman–Crippen LogP) is 4.64. The number of hydrogen-bond acceptors (Lipinski definition) is 5. The topological polar surface area (TPSA) is 83.7 Å². The van der Waals surface area contributed by atoms with Gasteiger partial charge in [0, 0.05) is 23.0 Å². The summed E-state index contributed by atoms with van der Waals surface area (Å²) in [7, 11) is 0. The Bertz CT molecular complexity index is 1250. The third-order valence-corrected chi connectivity index (χ3v) is 6.19. The minimum Gasteiger partial charge on any atom is -0.493 e. The van der Waals surface area contributed by atoms with Gasteiger partial charge in [-0.15, -0.1) is 0 Å². The first-order chi connectivity index (χ1) is 15.0. The number of carbonyl (C=O) groups excluding carboxylic acids is 1. The van der Waals surface area contributed by atoms with Crippen LogP contribution in [0.5, 0.6) is 5.88 Å². The summed E-state index contributed by atoms with van der Waals surface area (Å²) in [5.41, 5.74) is 5.70. The molecule has 2 aromatic carbocycles. The second-order valence-corrected chi connectivity index (χ2v) is 8.26. The van der Waals surface area contributed by atoms with Gasteiger partial charge in [-0.3, -0.25) is 19.1 Å². The van der Waals surface area contributed by atoms with Gasteiger partial charge < -0.3 is 10.4 Å². The van der Waals surface area contributed by atoms with Crippen LogP contribution in [0.4, 0.5) is 11.4 Å². The number of rotatable bonds is 6. The standard InChI is InChI=1S/C24H23N3O3S/c1-3-15-8-10-18(11-9-15)26-21(28)14-27-23(29)20(31-24(27)30)12-17-13-25-22-16(4-2)6-5-7-19(17)22/h5-13,29H,3-4,14H2,1-2H3,(H,26,28). The summed E-state index contributed by atoms with van der Waals surface area (Å²) in [4.78, 5) is 29.4. The molecule has 0 fully saturated rings. The smallest absolute Gasteiger partial charge is 0.311 e. The molecule has 0 spiro atoms. The molecule has 1 aliphatic heterocycles. The van der Waals surface area contributed by atoms with Gasteiger partial charge >= 0.3 is 4.87 Å². The molecule has 0 radical (unpaired) electrons. The van der Waals surface area contributed by atoms with Gasteiger partial charge in [-0.05, 0) is 42.2 Å². The molecule has 31 heavy (non-hydrogen) atoms. The predicted molar refractivity (Wildman–Crippen MR) is 127 cm³/mol. The Kier molecular flexibility index (Phi) is 5.86. The number of amides is 1. The molecule has 0 unspecified atom stereocenters. The molecule has 4 rings (SSSR count). The number of aryl methyl sites for hydroxylation is 2. The fourth-order valence-electron chi connectivity index (χ4n) is 3.54. The molecule has 0 saturated carbocycles. The number of fused-ring (bicyclic) bond motifs is 1. The highest BCUT2D eigenvalue weighted by Gasteiger charge is 2.19. The fourth-order valence-corrected chi connectivity index (χ4v) is 4.37. The number of carbonyl (C=O) groups is 1. The maximum Gasteiger partial charge on any atom is 0.311 e. The van der Waals surface area contributed by atoms with Crippen LogP contribution in [0.1, 0.15) is 35.4 Å². The van der Waals surface area contributed by atoms with E-state index in [1.165, 1.54) is 5.56 Å². The molecule has 1 aliphatic rings. The first-order valence-corrected chi connectivity index (χ1v) is 11.0. The Balaban J connectivity index is 1.55. The Morgan fingerprint density at radius 2 is 1.94 bits per heavy atom. The molecular weight excluding hydrogens is 410 g/mol. The van der Waals surface area contributed by atoms with Crippen molar-refractivity contribution in [3.05, 3.63) is 73.7 Å². The summed E-state index contributed by atoms with van der Waals surface area (Å²) in [6, 6.07) is 13.5. The van der Waals surface area contributed by atoms with Crippen molar-refractivity contribution in [2.45, 2.75) is 33.2 Å². The molecule has 3 aromatic rings. The van der Waals surface area contributed by atoms with E-state index < -0.39 is 4.87 Å². The number of benzene rings is 2. The molecule has 0 saturated heterocycles. The summed E-state index contributed by atoms with van der Waals surface area (Å²) < 4.78 is 1.09. The monoisotopic (exact) mass is 433 g/mol. The van der Waals surface area contributed by atoms with E-state index in [1.807, 2.05) is 42.5 Å². The van der Waals surface area contributed by atoms with E-state index >= 15 is 0 Å². The summed E-state index contributed by atoms with van der Waals surface area (Å²) in [5.74, 6) is -0.591. The third kappa shape index (κ3) is 4.22. The highest BCUT2D eigenvalue weighted by molar-refractivity contribution is 7.10. The maximum absolute atomic E-state index is 12.4. The lowest BCUT2D eigenvalue weighted by molar-refractivity contribution is -0.116. The van der Waals surface area contributed by atoms with Gasteiger partial charge in [0.1, 0.15) is 6.54 Å². The molecule has 1 aromatic heterocycles. The summed E-state index contributed by atoms with van der Waals surface area (Å²) in [5, 5.41) is 13.4. The van der Waals surface area contributed by atoms with Gasteiger partial charge in [0.25, 0.3) is 0 Å². The van der Waals surface area contributed by atoms with E-state index in [9.17, 15) is 14.7 Å². The van der Waals surface area contributed by atoms with E-state index in [0.29, 0.717) is 10.6 Å². The number of thiazole rings is 1. The number of para-hydroxylation sites is 1. The van der Waals surface area contributed by atoms with Gasteiger partial charge in [0.2, 0.25) is 11.8 Å². The Morgan fingerprint density at radius 1 is 1.16 bits per heavy atom. The number of nitrogens with zero attached hydrogens (tertiary/aromatic N) is 2. The zero-order valence-electron chi connectivity index (χ0n) is 17.4. The SMILES string of the molecule is CCc1ccc(NC(=O)Cn2c(O)c(C=C3C=Nc4c(CC)cccc43)sc2=O)cc1. The van der Waals surface area contributed by atoms with E-state index in [0.717, 1.165) is 51.1 Å². The molecule has 1 amide bonds. The Hall–Kier alpha value is -3.45. The van der Waals surface area contributed by atoms with E-state index in [2.05, 4.69) is 24.2 Å². The van der Waals surface area contributed by atoms with Crippen LogP contribution in [0.25, 0.3) is 11.6 Å². The first-order valence-electron chi connectivity index (χ1n) is 10.2. The summed E-state index contributed by atoms with van der Waals surface area (Å²) >= 11 is 0.905. The maximum atomic E-state index is 12.4. The van der Waals surface area contributed by atoms with E-state index in [-0.39, 0.29) is 18.3 Å². The highest BCUT2D eigenvalue weighted by Crippen LogP contribution is 2.37. The average Bonchev–Trinajstić information content (AvgIpc) is 3.30. The van der Waals surface area contributed by atoms with Crippen molar-refractivity contribution in [2.24, 2.45) is 4.99 Å². The van der Waals surface area contributed by atoms with Crippen LogP contribution in [0.2, 0.25) is 0 Å². The van der Waals surface area contributed by atoms with Crippen molar-refractivity contribution < 1.29 is 9.90 Å². The normalized spacial score (nSPS) is 13.5. The number of allylic oxidation sites excluding steroid dienone is 1. The number of aromatic nitrogens is 1. The number of nitrogens with one attached hydrogen (secondary N) is 1. The van der Waals surface area contributed by atoms with Crippen LogP contribution in [-0.2, 0) is 24.2 Å². The largest absolute Gasteiger partial charge is 0.493 e. The number of hydrogen-bond donors (Lipinski definition) is 2. The van der Waals surface area contributed by atoms with Gasteiger partial charge in [0.15, 0.2) is 0 Å².